The Labute approximate surface area is 64.8 Å². The zero-order chi connectivity index (χ0) is 7.78. The predicted molar refractivity (Wildman–Crippen MR) is 34.6 cm³/mol. The molecule has 0 spiro atoms. The lowest BCUT2D eigenvalue weighted by Gasteiger charge is -1.86. The molecule has 0 saturated heterocycles. The summed E-state index contributed by atoms with van der Waals surface area (Å²) in [5.41, 5.74) is 0. The van der Waals surface area contributed by atoms with E-state index in [9.17, 15) is 12.3 Å². The Balaban J connectivity index is 3.32. The van der Waals surface area contributed by atoms with E-state index in [4.69, 9.17) is 0 Å². The molecule has 1 aromatic heterocycles. The van der Waals surface area contributed by atoms with Crippen molar-refractivity contribution in [2.24, 2.45) is 0 Å². The fraction of sp³-hybridized carbons (Fsp3) is 0. The van der Waals surface area contributed by atoms with Crippen LogP contribution in [-0.4, -0.2) is 18.6 Å². The molecule has 4 nitrogen and oxygen atoms in total. The maximum Gasteiger partial charge on any atom is 0.350 e. The van der Waals surface area contributed by atoms with Gasteiger partial charge in [0.15, 0.2) is 5.03 Å². The predicted octanol–water partition coefficient (Wildman–Crippen LogP) is 0.830. The first-order chi connectivity index (χ1) is 4.52. The van der Waals surface area contributed by atoms with Crippen LogP contribution >= 0.6 is 15.9 Å². The van der Waals surface area contributed by atoms with E-state index in [0.29, 0.717) is 0 Å². The van der Waals surface area contributed by atoms with Crippen LogP contribution in [0.5, 0.6) is 0 Å². The largest absolute Gasteiger partial charge is 0.350 e. The number of rotatable bonds is 1. The fourth-order valence-corrected chi connectivity index (χ4v) is 1.65. The van der Waals surface area contributed by atoms with Crippen molar-refractivity contribution < 1.29 is 12.3 Å². The molecule has 0 aliphatic heterocycles. The summed E-state index contributed by atoms with van der Waals surface area (Å²) in [6.45, 7) is 0. The molecule has 0 unspecified atom stereocenters. The number of H-pyrrole nitrogens is 1. The van der Waals surface area contributed by atoms with E-state index in [1.807, 2.05) is 5.10 Å². The Hall–Kier alpha value is -0.430. The minimum absolute atomic E-state index is 0.0926. The third kappa shape index (κ3) is 1.35. The lowest BCUT2D eigenvalue weighted by atomic mass is 10.8. The molecule has 0 amide bonds. The van der Waals surface area contributed by atoms with Crippen LogP contribution in [0.1, 0.15) is 0 Å². The third-order valence-corrected chi connectivity index (χ3v) is 2.47. The molecule has 7 heteroatoms. The average molecular weight is 229 g/mol. The molecular formula is C3H2BrFN2O2S. The molecule has 0 aromatic carbocycles. The van der Waals surface area contributed by atoms with Crippen molar-refractivity contribution in [2.75, 3.05) is 0 Å². The van der Waals surface area contributed by atoms with Crippen LogP contribution in [0.3, 0.4) is 0 Å². The van der Waals surface area contributed by atoms with E-state index in [1.165, 1.54) is 0 Å². The fourth-order valence-electron chi connectivity index (χ4n) is 0.431. The second-order valence-electron chi connectivity index (χ2n) is 1.48. The van der Waals surface area contributed by atoms with E-state index in [0.717, 1.165) is 6.20 Å². The second-order valence-corrected chi connectivity index (χ2v) is 3.62. The molecule has 1 aromatic rings. The highest BCUT2D eigenvalue weighted by Gasteiger charge is 2.17. The van der Waals surface area contributed by atoms with Crippen molar-refractivity contribution >= 4 is 26.2 Å². The van der Waals surface area contributed by atoms with Gasteiger partial charge in [-0.15, -0.1) is 0 Å². The molecule has 1 N–H and O–H groups in total. The number of nitrogens with one attached hydrogen (secondary N) is 1. The van der Waals surface area contributed by atoms with E-state index < -0.39 is 15.2 Å². The van der Waals surface area contributed by atoms with Gasteiger partial charge in [0, 0.05) is 0 Å². The van der Waals surface area contributed by atoms with Gasteiger partial charge >= 0.3 is 10.2 Å². The lowest BCUT2D eigenvalue weighted by molar-refractivity contribution is 0.547. The normalized spacial score (nSPS) is 11.8. The number of hydrogen-bond acceptors (Lipinski definition) is 3. The first-order valence-corrected chi connectivity index (χ1v) is 4.33. The summed E-state index contributed by atoms with van der Waals surface area (Å²) in [5, 5.41) is 4.73. The van der Waals surface area contributed by atoms with Gasteiger partial charge in [-0.3, -0.25) is 5.10 Å². The zero-order valence-corrected chi connectivity index (χ0v) is 6.91. The van der Waals surface area contributed by atoms with Crippen LogP contribution in [0.15, 0.2) is 15.7 Å². The summed E-state index contributed by atoms with van der Waals surface area (Å²) < 4.78 is 32.5. The van der Waals surface area contributed by atoms with Crippen LogP contribution in [0, 0.1) is 0 Å². The molecule has 0 fully saturated rings. The molecular weight excluding hydrogens is 227 g/mol. The Bertz CT molecular complexity index is 332. The van der Waals surface area contributed by atoms with Crippen LogP contribution in [0.4, 0.5) is 3.89 Å². The Morgan fingerprint density at radius 2 is 2.30 bits per heavy atom. The Morgan fingerprint density at radius 1 is 1.70 bits per heavy atom. The summed E-state index contributed by atoms with van der Waals surface area (Å²) in [4.78, 5) is 0. The highest BCUT2D eigenvalue weighted by Crippen LogP contribution is 2.19. The Kier molecular flexibility index (Phi) is 1.78. The van der Waals surface area contributed by atoms with E-state index >= 15 is 0 Å². The first-order valence-electron chi connectivity index (χ1n) is 2.15. The third-order valence-electron chi connectivity index (χ3n) is 0.805. The average Bonchev–Trinajstić information content (AvgIpc) is 2.11. The highest BCUT2D eigenvalue weighted by atomic mass is 79.9. The summed E-state index contributed by atoms with van der Waals surface area (Å²) in [7, 11) is -4.66. The van der Waals surface area contributed by atoms with Gasteiger partial charge in [-0.2, -0.15) is 13.5 Å². The standard InChI is InChI=1S/C3H2BrFN2O2S/c4-2-1-6-7-3(2)10(5,8)9/h1H,(H,6,7). The van der Waals surface area contributed by atoms with E-state index in [1.54, 1.807) is 0 Å². The lowest BCUT2D eigenvalue weighted by Crippen LogP contribution is -1.92. The van der Waals surface area contributed by atoms with Gasteiger partial charge in [0.2, 0.25) is 0 Å². The van der Waals surface area contributed by atoms with Crippen molar-refractivity contribution in [1.82, 2.24) is 10.2 Å². The van der Waals surface area contributed by atoms with Gasteiger partial charge in [-0.05, 0) is 15.9 Å². The molecule has 0 saturated carbocycles. The minimum atomic E-state index is -4.66. The molecule has 56 valence electrons. The zero-order valence-electron chi connectivity index (χ0n) is 4.51. The van der Waals surface area contributed by atoms with Crippen LogP contribution in [-0.2, 0) is 10.2 Å². The molecule has 0 aliphatic rings. The molecule has 0 radical (unpaired) electrons. The van der Waals surface area contributed by atoms with Crippen LogP contribution in [0.25, 0.3) is 0 Å². The SMILES string of the molecule is O=S(=O)(F)c1[nH]ncc1Br. The Morgan fingerprint density at radius 3 is 2.50 bits per heavy atom. The van der Waals surface area contributed by atoms with Crippen molar-refractivity contribution in [2.45, 2.75) is 5.03 Å². The van der Waals surface area contributed by atoms with E-state index in [-0.39, 0.29) is 4.47 Å². The highest BCUT2D eigenvalue weighted by molar-refractivity contribution is 9.10. The minimum Gasteiger partial charge on any atom is -0.264 e. The second kappa shape index (κ2) is 2.31. The summed E-state index contributed by atoms with van der Waals surface area (Å²) >= 11 is 2.79. The monoisotopic (exact) mass is 228 g/mol. The van der Waals surface area contributed by atoms with Crippen LogP contribution in [0.2, 0.25) is 0 Å². The number of aromatic amines is 1. The van der Waals surface area contributed by atoms with Crippen molar-refractivity contribution in [3.05, 3.63) is 10.7 Å². The van der Waals surface area contributed by atoms with Crippen molar-refractivity contribution in [3.8, 4) is 0 Å². The first kappa shape index (κ1) is 7.67. The van der Waals surface area contributed by atoms with Gasteiger partial charge in [-0.1, -0.05) is 3.89 Å². The quantitative estimate of drug-likeness (QED) is 0.725. The smallest absolute Gasteiger partial charge is 0.264 e. The molecule has 1 heterocycles. The number of nitrogens with zero attached hydrogens (tertiary/aromatic N) is 1. The molecule has 0 aliphatic carbocycles. The van der Waals surface area contributed by atoms with Gasteiger partial charge in [0.05, 0.1) is 10.7 Å². The van der Waals surface area contributed by atoms with Crippen molar-refractivity contribution in [1.29, 1.82) is 0 Å². The topological polar surface area (TPSA) is 62.8 Å². The molecule has 0 bridgehead atoms. The molecule has 1 rings (SSSR count). The number of aromatic nitrogens is 2. The van der Waals surface area contributed by atoms with Gasteiger partial charge in [0.1, 0.15) is 0 Å². The van der Waals surface area contributed by atoms with Gasteiger partial charge in [-0.25, -0.2) is 0 Å². The maximum atomic E-state index is 12.1. The maximum absolute atomic E-state index is 12.1. The van der Waals surface area contributed by atoms with Gasteiger partial charge < -0.3 is 0 Å². The van der Waals surface area contributed by atoms with Crippen LogP contribution < -0.4 is 0 Å². The molecule has 0 atom stereocenters. The number of halogens is 2. The summed E-state index contributed by atoms with van der Waals surface area (Å²) in [6, 6.07) is 0. The summed E-state index contributed by atoms with van der Waals surface area (Å²) in [6.07, 6.45) is 1.16. The summed E-state index contributed by atoms with van der Waals surface area (Å²) in [5.74, 6) is 0. The molecule has 10 heavy (non-hydrogen) atoms. The van der Waals surface area contributed by atoms with E-state index in [2.05, 4.69) is 21.0 Å². The van der Waals surface area contributed by atoms with Gasteiger partial charge in [0.25, 0.3) is 0 Å². The van der Waals surface area contributed by atoms with Crippen molar-refractivity contribution in [3.63, 3.8) is 0 Å². The number of hydrogen-bond donors (Lipinski definition) is 1.